The molecule has 0 saturated carbocycles. The maximum absolute atomic E-state index is 12.0. The zero-order chi connectivity index (χ0) is 16.3. The SMILES string of the molecule is CC(C)(C)C(=O)COC(=O)C1CC(=O)N(c2ccccc2)C1. The van der Waals surface area contributed by atoms with Crippen LogP contribution in [0.25, 0.3) is 0 Å². The van der Waals surface area contributed by atoms with Gasteiger partial charge < -0.3 is 9.64 Å². The van der Waals surface area contributed by atoms with E-state index < -0.39 is 17.3 Å². The monoisotopic (exact) mass is 303 g/mol. The minimum atomic E-state index is -0.540. The van der Waals surface area contributed by atoms with Crippen molar-refractivity contribution >= 4 is 23.3 Å². The minimum absolute atomic E-state index is 0.102. The molecule has 0 spiro atoms. The molecule has 0 aromatic heterocycles. The first-order valence-corrected chi connectivity index (χ1v) is 7.34. The lowest BCUT2D eigenvalue weighted by atomic mass is 9.91. The molecule has 5 heteroatoms. The summed E-state index contributed by atoms with van der Waals surface area (Å²) < 4.78 is 5.08. The van der Waals surface area contributed by atoms with Crippen molar-refractivity contribution < 1.29 is 19.1 Å². The van der Waals surface area contributed by atoms with E-state index in [1.165, 1.54) is 0 Å². The summed E-state index contributed by atoms with van der Waals surface area (Å²) in [7, 11) is 0. The first-order valence-electron chi connectivity index (χ1n) is 7.34. The van der Waals surface area contributed by atoms with Gasteiger partial charge >= 0.3 is 5.97 Å². The fraction of sp³-hybridized carbons (Fsp3) is 0.471. The van der Waals surface area contributed by atoms with Crippen molar-refractivity contribution in [2.24, 2.45) is 11.3 Å². The molecule has 0 aliphatic carbocycles. The Hall–Kier alpha value is -2.17. The molecular weight excluding hydrogens is 282 g/mol. The normalized spacial score (nSPS) is 18.4. The van der Waals surface area contributed by atoms with Crippen LogP contribution in [0, 0.1) is 11.3 Å². The van der Waals surface area contributed by atoms with Crippen molar-refractivity contribution in [1.82, 2.24) is 0 Å². The third-order valence-electron chi connectivity index (χ3n) is 3.71. The smallest absolute Gasteiger partial charge is 0.311 e. The van der Waals surface area contributed by atoms with Crippen LogP contribution in [-0.4, -0.2) is 30.8 Å². The van der Waals surface area contributed by atoms with Crippen LogP contribution < -0.4 is 4.90 Å². The predicted molar refractivity (Wildman–Crippen MR) is 82.3 cm³/mol. The van der Waals surface area contributed by atoms with Gasteiger partial charge in [-0.1, -0.05) is 39.0 Å². The van der Waals surface area contributed by atoms with E-state index in [0.717, 1.165) is 5.69 Å². The summed E-state index contributed by atoms with van der Waals surface area (Å²) in [4.78, 5) is 37.4. The van der Waals surface area contributed by atoms with Gasteiger partial charge in [0.2, 0.25) is 5.91 Å². The van der Waals surface area contributed by atoms with Gasteiger partial charge in [-0.25, -0.2) is 0 Å². The Bertz CT molecular complexity index is 574. The lowest BCUT2D eigenvalue weighted by molar-refractivity contribution is -0.153. The van der Waals surface area contributed by atoms with Crippen LogP contribution in [-0.2, 0) is 19.1 Å². The standard InChI is InChI=1S/C17H21NO4/c1-17(2,3)14(19)11-22-16(21)12-9-15(20)18(10-12)13-7-5-4-6-8-13/h4-8,12H,9-11H2,1-3H3. The number of ether oxygens (including phenoxy) is 1. The summed E-state index contributed by atoms with van der Waals surface area (Å²) in [6.07, 6.45) is 0.122. The number of anilines is 1. The number of Topliss-reactive ketones (excluding diaryl/α,β-unsaturated/α-hetero) is 1. The molecule has 1 aromatic carbocycles. The number of nitrogens with zero attached hydrogens (tertiary/aromatic N) is 1. The summed E-state index contributed by atoms with van der Waals surface area (Å²) in [6, 6.07) is 9.21. The van der Waals surface area contributed by atoms with E-state index in [1.54, 1.807) is 25.7 Å². The number of carbonyl (C=O) groups excluding carboxylic acids is 3. The molecule has 1 heterocycles. The van der Waals surface area contributed by atoms with Gasteiger partial charge in [0.15, 0.2) is 12.4 Å². The summed E-state index contributed by atoms with van der Waals surface area (Å²) in [5.74, 6) is -1.23. The largest absolute Gasteiger partial charge is 0.457 e. The zero-order valence-electron chi connectivity index (χ0n) is 13.2. The number of amides is 1. The molecule has 1 atom stereocenters. The van der Waals surface area contributed by atoms with Gasteiger partial charge in [-0.3, -0.25) is 14.4 Å². The fourth-order valence-electron chi connectivity index (χ4n) is 2.19. The van der Waals surface area contributed by atoms with Crippen molar-refractivity contribution in [2.75, 3.05) is 18.1 Å². The highest BCUT2D eigenvalue weighted by molar-refractivity contribution is 5.99. The highest BCUT2D eigenvalue weighted by Gasteiger charge is 2.36. The molecule has 5 nitrogen and oxygen atoms in total. The topological polar surface area (TPSA) is 63.7 Å². The number of esters is 1. The van der Waals surface area contributed by atoms with Crippen LogP contribution in [0.1, 0.15) is 27.2 Å². The number of ketones is 1. The highest BCUT2D eigenvalue weighted by atomic mass is 16.5. The Morgan fingerprint density at radius 3 is 2.45 bits per heavy atom. The Morgan fingerprint density at radius 1 is 1.23 bits per heavy atom. The van der Waals surface area contributed by atoms with Crippen molar-refractivity contribution in [1.29, 1.82) is 0 Å². The molecule has 1 aliphatic rings. The second kappa shape index (κ2) is 6.30. The van der Waals surface area contributed by atoms with Gasteiger partial charge in [-0.05, 0) is 12.1 Å². The molecule has 2 rings (SSSR count). The van der Waals surface area contributed by atoms with Crippen LogP contribution in [0.3, 0.4) is 0 Å². The second-order valence-corrected chi connectivity index (χ2v) is 6.52. The number of hydrogen-bond acceptors (Lipinski definition) is 4. The zero-order valence-corrected chi connectivity index (χ0v) is 13.2. The van der Waals surface area contributed by atoms with Crippen LogP contribution >= 0.6 is 0 Å². The Kier molecular flexibility index (Phi) is 4.64. The summed E-state index contributed by atoms with van der Waals surface area (Å²) in [6.45, 7) is 5.39. The van der Waals surface area contributed by atoms with Crippen LogP contribution in [0.4, 0.5) is 5.69 Å². The second-order valence-electron chi connectivity index (χ2n) is 6.52. The number of carbonyl (C=O) groups is 3. The van der Waals surface area contributed by atoms with E-state index in [-0.39, 0.29) is 24.7 Å². The van der Waals surface area contributed by atoms with Gasteiger partial charge in [0.25, 0.3) is 0 Å². The first-order chi connectivity index (χ1) is 10.3. The number of benzene rings is 1. The van der Waals surface area contributed by atoms with Gasteiger partial charge in [0.1, 0.15) is 0 Å². The van der Waals surface area contributed by atoms with E-state index in [0.29, 0.717) is 6.54 Å². The summed E-state index contributed by atoms with van der Waals surface area (Å²) in [5, 5.41) is 0. The van der Waals surface area contributed by atoms with Gasteiger partial charge in [-0.2, -0.15) is 0 Å². The number of para-hydroxylation sites is 1. The van der Waals surface area contributed by atoms with E-state index >= 15 is 0 Å². The average molecular weight is 303 g/mol. The number of hydrogen-bond donors (Lipinski definition) is 0. The van der Waals surface area contributed by atoms with Crippen molar-refractivity contribution in [3.63, 3.8) is 0 Å². The Balaban J connectivity index is 1.93. The lowest BCUT2D eigenvalue weighted by Gasteiger charge is -2.18. The molecule has 1 aromatic rings. The van der Waals surface area contributed by atoms with Crippen molar-refractivity contribution in [3.8, 4) is 0 Å². The van der Waals surface area contributed by atoms with Crippen molar-refractivity contribution in [3.05, 3.63) is 30.3 Å². The van der Waals surface area contributed by atoms with E-state index in [1.807, 2.05) is 30.3 Å². The summed E-state index contributed by atoms with van der Waals surface area (Å²) in [5.41, 5.74) is 0.232. The molecule has 1 unspecified atom stereocenters. The van der Waals surface area contributed by atoms with Gasteiger partial charge in [-0.15, -0.1) is 0 Å². The maximum Gasteiger partial charge on any atom is 0.311 e. The molecule has 0 bridgehead atoms. The predicted octanol–water partition coefficient (Wildman–Crippen LogP) is 2.20. The molecule has 22 heavy (non-hydrogen) atoms. The molecule has 1 saturated heterocycles. The first kappa shape index (κ1) is 16.2. The Morgan fingerprint density at radius 2 is 1.86 bits per heavy atom. The van der Waals surface area contributed by atoms with Gasteiger partial charge in [0.05, 0.1) is 5.92 Å². The van der Waals surface area contributed by atoms with Crippen LogP contribution in [0.15, 0.2) is 30.3 Å². The third-order valence-corrected chi connectivity index (χ3v) is 3.71. The lowest BCUT2D eigenvalue weighted by Crippen LogP contribution is -2.30. The molecule has 0 N–H and O–H groups in total. The molecule has 1 fully saturated rings. The van der Waals surface area contributed by atoms with Gasteiger partial charge in [0, 0.05) is 24.1 Å². The minimum Gasteiger partial charge on any atom is -0.457 e. The quantitative estimate of drug-likeness (QED) is 0.800. The fourth-order valence-corrected chi connectivity index (χ4v) is 2.19. The average Bonchev–Trinajstić information content (AvgIpc) is 2.86. The Labute approximate surface area is 130 Å². The maximum atomic E-state index is 12.0. The van der Waals surface area contributed by atoms with E-state index in [9.17, 15) is 14.4 Å². The van der Waals surface area contributed by atoms with Crippen molar-refractivity contribution in [2.45, 2.75) is 27.2 Å². The van der Waals surface area contributed by atoms with Crippen LogP contribution in [0.5, 0.6) is 0 Å². The van der Waals surface area contributed by atoms with E-state index in [4.69, 9.17) is 4.74 Å². The highest BCUT2D eigenvalue weighted by Crippen LogP contribution is 2.25. The molecule has 0 radical (unpaired) electrons. The van der Waals surface area contributed by atoms with Crippen LogP contribution in [0.2, 0.25) is 0 Å². The molecule has 118 valence electrons. The summed E-state index contributed by atoms with van der Waals surface area (Å²) >= 11 is 0. The van der Waals surface area contributed by atoms with E-state index in [2.05, 4.69) is 0 Å². The molecular formula is C17H21NO4. The molecule has 1 aliphatic heterocycles. The third kappa shape index (κ3) is 3.72. The number of rotatable bonds is 4. The molecule has 1 amide bonds.